The maximum absolute atomic E-state index is 12.5. The Balaban J connectivity index is 1.72. The minimum absolute atomic E-state index is 0.103. The molecule has 1 N–H and O–H groups in total. The Morgan fingerprint density at radius 1 is 1.04 bits per heavy atom. The molecule has 1 aromatic carbocycles. The Kier molecular flexibility index (Phi) is 5.59. The molecule has 1 amide bonds. The van der Waals surface area contributed by atoms with Crippen molar-refractivity contribution in [2.45, 2.75) is 26.8 Å². The van der Waals surface area contributed by atoms with E-state index in [0.29, 0.717) is 23.7 Å². The Labute approximate surface area is 153 Å². The van der Waals surface area contributed by atoms with Crippen LogP contribution < -0.4 is 10.1 Å². The number of nitrogens with zero attached hydrogens (tertiary/aromatic N) is 2. The average Bonchev–Trinajstić information content (AvgIpc) is 2.68. The molecule has 0 fully saturated rings. The number of aromatic nitrogens is 2. The van der Waals surface area contributed by atoms with Crippen LogP contribution in [0, 0.1) is 6.92 Å². The van der Waals surface area contributed by atoms with Gasteiger partial charge in [-0.1, -0.05) is 31.2 Å². The van der Waals surface area contributed by atoms with Gasteiger partial charge in [-0.3, -0.25) is 9.78 Å². The van der Waals surface area contributed by atoms with Gasteiger partial charge in [0.25, 0.3) is 5.91 Å². The van der Waals surface area contributed by atoms with Gasteiger partial charge >= 0.3 is 0 Å². The second-order valence-corrected chi connectivity index (χ2v) is 5.90. The largest absolute Gasteiger partial charge is 0.437 e. The molecule has 0 spiro atoms. The van der Waals surface area contributed by atoms with Crippen LogP contribution in [0.15, 0.2) is 60.9 Å². The van der Waals surface area contributed by atoms with Gasteiger partial charge in [0.05, 0.1) is 6.20 Å². The van der Waals surface area contributed by atoms with Crippen molar-refractivity contribution in [2.75, 3.05) is 0 Å². The van der Waals surface area contributed by atoms with Gasteiger partial charge in [0, 0.05) is 29.6 Å². The number of pyridine rings is 2. The monoisotopic (exact) mass is 347 g/mol. The SMILES string of the molecule is CCc1ccccc1C(=O)NCc1cccnc1Oc1ccc(C)nc1. The van der Waals surface area contributed by atoms with Gasteiger partial charge in [0.1, 0.15) is 5.75 Å². The van der Waals surface area contributed by atoms with Gasteiger partial charge in [-0.2, -0.15) is 0 Å². The van der Waals surface area contributed by atoms with Crippen LogP contribution in [0.1, 0.15) is 34.1 Å². The number of aryl methyl sites for hydroxylation is 2. The normalized spacial score (nSPS) is 10.4. The lowest BCUT2D eigenvalue weighted by molar-refractivity contribution is 0.0950. The number of hydrogen-bond acceptors (Lipinski definition) is 4. The van der Waals surface area contributed by atoms with E-state index >= 15 is 0 Å². The molecule has 3 aromatic rings. The van der Waals surface area contributed by atoms with Crippen LogP contribution in [-0.4, -0.2) is 15.9 Å². The molecule has 5 heteroatoms. The molecule has 0 saturated carbocycles. The van der Waals surface area contributed by atoms with Crippen molar-refractivity contribution in [3.63, 3.8) is 0 Å². The van der Waals surface area contributed by atoms with Crippen molar-refractivity contribution >= 4 is 5.91 Å². The minimum atomic E-state index is -0.103. The first kappa shape index (κ1) is 17.6. The fourth-order valence-electron chi connectivity index (χ4n) is 2.60. The number of benzene rings is 1. The average molecular weight is 347 g/mol. The van der Waals surface area contributed by atoms with E-state index in [4.69, 9.17) is 4.74 Å². The molecule has 132 valence electrons. The van der Waals surface area contributed by atoms with E-state index in [-0.39, 0.29) is 5.91 Å². The summed E-state index contributed by atoms with van der Waals surface area (Å²) >= 11 is 0. The van der Waals surface area contributed by atoms with Crippen molar-refractivity contribution in [1.82, 2.24) is 15.3 Å². The van der Waals surface area contributed by atoms with Crippen LogP contribution >= 0.6 is 0 Å². The number of ether oxygens (including phenoxy) is 1. The van der Waals surface area contributed by atoms with E-state index < -0.39 is 0 Å². The van der Waals surface area contributed by atoms with E-state index in [0.717, 1.165) is 23.2 Å². The van der Waals surface area contributed by atoms with Crippen LogP contribution in [0.3, 0.4) is 0 Å². The molecule has 5 nitrogen and oxygen atoms in total. The number of carbonyl (C=O) groups excluding carboxylic acids is 1. The summed E-state index contributed by atoms with van der Waals surface area (Å²) in [5, 5.41) is 2.95. The summed E-state index contributed by atoms with van der Waals surface area (Å²) in [7, 11) is 0. The molecule has 2 aromatic heterocycles. The maximum Gasteiger partial charge on any atom is 0.251 e. The lowest BCUT2D eigenvalue weighted by atomic mass is 10.0. The van der Waals surface area contributed by atoms with Gasteiger partial charge in [0.15, 0.2) is 0 Å². The highest BCUT2D eigenvalue weighted by atomic mass is 16.5. The van der Waals surface area contributed by atoms with E-state index in [1.807, 2.05) is 62.4 Å². The van der Waals surface area contributed by atoms with Crippen molar-refractivity contribution in [3.8, 4) is 11.6 Å². The van der Waals surface area contributed by atoms with Crippen LogP contribution in [0.4, 0.5) is 0 Å². The predicted octanol–water partition coefficient (Wildman–Crippen LogP) is 4.07. The van der Waals surface area contributed by atoms with Crippen molar-refractivity contribution < 1.29 is 9.53 Å². The van der Waals surface area contributed by atoms with Crippen molar-refractivity contribution in [3.05, 3.63) is 83.3 Å². The molecule has 2 heterocycles. The Hall–Kier alpha value is -3.21. The first-order valence-corrected chi connectivity index (χ1v) is 8.58. The van der Waals surface area contributed by atoms with Crippen LogP contribution in [-0.2, 0) is 13.0 Å². The smallest absolute Gasteiger partial charge is 0.251 e. The number of nitrogens with one attached hydrogen (secondary N) is 1. The lowest BCUT2D eigenvalue weighted by Crippen LogP contribution is -2.24. The number of rotatable bonds is 6. The summed E-state index contributed by atoms with van der Waals surface area (Å²) in [4.78, 5) is 21.0. The fraction of sp³-hybridized carbons (Fsp3) is 0.190. The molecular weight excluding hydrogens is 326 g/mol. The summed E-state index contributed by atoms with van der Waals surface area (Å²) in [6, 6.07) is 15.1. The van der Waals surface area contributed by atoms with Gasteiger partial charge in [-0.25, -0.2) is 4.98 Å². The molecule has 0 unspecified atom stereocenters. The summed E-state index contributed by atoms with van der Waals surface area (Å²) in [5.41, 5.74) is 3.44. The van der Waals surface area contributed by atoms with Crippen LogP contribution in [0.5, 0.6) is 11.6 Å². The fourth-order valence-corrected chi connectivity index (χ4v) is 2.60. The van der Waals surface area contributed by atoms with Gasteiger partial charge < -0.3 is 10.1 Å². The second kappa shape index (κ2) is 8.25. The standard InChI is InChI=1S/C21H21N3O2/c1-3-16-7-4-5-9-19(16)20(25)24-13-17-8-6-12-22-21(17)26-18-11-10-15(2)23-14-18/h4-12,14H,3,13H2,1-2H3,(H,24,25). The van der Waals surface area contributed by atoms with E-state index in [1.165, 1.54) is 0 Å². The predicted molar refractivity (Wildman–Crippen MR) is 100 cm³/mol. The molecule has 3 rings (SSSR count). The summed E-state index contributed by atoms with van der Waals surface area (Å²) in [5.74, 6) is 0.967. The van der Waals surface area contributed by atoms with Crippen LogP contribution in [0.25, 0.3) is 0 Å². The zero-order chi connectivity index (χ0) is 18.4. The third kappa shape index (κ3) is 4.25. The maximum atomic E-state index is 12.5. The molecule has 0 aliphatic heterocycles. The van der Waals surface area contributed by atoms with Gasteiger partial charge in [-0.15, -0.1) is 0 Å². The molecule has 0 saturated heterocycles. The van der Waals surface area contributed by atoms with Gasteiger partial charge in [-0.05, 0) is 43.2 Å². The Morgan fingerprint density at radius 3 is 2.62 bits per heavy atom. The quantitative estimate of drug-likeness (QED) is 0.730. The van der Waals surface area contributed by atoms with E-state index in [9.17, 15) is 4.79 Å². The van der Waals surface area contributed by atoms with Gasteiger partial charge in [0.2, 0.25) is 5.88 Å². The molecule has 0 aliphatic carbocycles. The van der Waals surface area contributed by atoms with E-state index in [1.54, 1.807) is 12.4 Å². The minimum Gasteiger partial charge on any atom is -0.437 e. The topological polar surface area (TPSA) is 64.1 Å². The first-order chi connectivity index (χ1) is 12.7. The summed E-state index contributed by atoms with van der Waals surface area (Å²) in [6.07, 6.45) is 4.13. The first-order valence-electron chi connectivity index (χ1n) is 8.58. The van der Waals surface area contributed by atoms with Crippen LogP contribution in [0.2, 0.25) is 0 Å². The molecule has 0 bridgehead atoms. The Morgan fingerprint density at radius 2 is 1.85 bits per heavy atom. The third-order valence-corrected chi connectivity index (χ3v) is 4.03. The third-order valence-electron chi connectivity index (χ3n) is 4.03. The lowest BCUT2D eigenvalue weighted by Gasteiger charge is -2.12. The van der Waals surface area contributed by atoms with Crippen molar-refractivity contribution in [2.24, 2.45) is 0 Å². The number of hydrogen-bond donors (Lipinski definition) is 1. The second-order valence-electron chi connectivity index (χ2n) is 5.90. The highest BCUT2D eigenvalue weighted by molar-refractivity contribution is 5.95. The molecule has 26 heavy (non-hydrogen) atoms. The molecular formula is C21H21N3O2. The molecule has 0 radical (unpaired) electrons. The highest BCUT2D eigenvalue weighted by Gasteiger charge is 2.12. The summed E-state index contributed by atoms with van der Waals surface area (Å²) < 4.78 is 5.82. The zero-order valence-corrected chi connectivity index (χ0v) is 14.9. The van der Waals surface area contributed by atoms with Crippen molar-refractivity contribution in [1.29, 1.82) is 0 Å². The molecule has 0 aliphatic rings. The Bertz CT molecular complexity index is 892. The molecule has 0 atom stereocenters. The number of carbonyl (C=O) groups is 1. The zero-order valence-electron chi connectivity index (χ0n) is 14.9. The highest BCUT2D eigenvalue weighted by Crippen LogP contribution is 2.22. The van der Waals surface area contributed by atoms with E-state index in [2.05, 4.69) is 15.3 Å². The number of amides is 1. The summed E-state index contributed by atoms with van der Waals surface area (Å²) in [6.45, 7) is 4.29.